The monoisotopic (exact) mass is 383 g/mol. The third-order valence-electron chi connectivity index (χ3n) is 5.86. The fourth-order valence-corrected chi connectivity index (χ4v) is 4.06. The van der Waals surface area contributed by atoms with Gasteiger partial charge in [-0.3, -0.25) is 14.2 Å². The molecule has 0 atom stereocenters. The number of likely N-dealkylation sites (N-methyl/N-ethyl adjacent to an activating group) is 1. The molecule has 150 valence electrons. The molecule has 7 nitrogen and oxygen atoms in total. The van der Waals surface area contributed by atoms with Crippen molar-refractivity contribution in [3.05, 3.63) is 39.9 Å². The number of aromatic nitrogens is 2. The van der Waals surface area contributed by atoms with Crippen LogP contribution in [-0.4, -0.2) is 71.6 Å². The summed E-state index contributed by atoms with van der Waals surface area (Å²) in [5.74, 6) is 0.744. The standard InChI is InChI=1S/C21H29N5O2/c1-24-11-13-25(14-12-24)9-4-8-22-20(27)16-6-7-17-18(15-16)23-19-5-2-3-10-26(19)21(17)28/h6-7,15H,2-5,8-14H2,1H3,(H,22,27). The van der Waals surface area contributed by atoms with E-state index in [1.54, 1.807) is 22.8 Å². The number of nitrogens with zero attached hydrogens (tertiary/aromatic N) is 4. The van der Waals surface area contributed by atoms with Crippen molar-refractivity contribution >= 4 is 16.8 Å². The quantitative estimate of drug-likeness (QED) is 0.783. The molecular weight excluding hydrogens is 354 g/mol. The Kier molecular flexibility index (Phi) is 5.73. The van der Waals surface area contributed by atoms with Crippen LogP contribution in [-0.2, 0) is 13.0 Å². The number of amides is 1. The fourth-order valence-electron chi connectivity index (χ4n) is 4.06. The first-order chi connectivity index (χ1) is 13.6. The maximum atomic E-state index is 12.7. The molecule has 0 aliphatic carbocycles. The van der Waals surface area contributed by atoms with Gasteiger partial charge in [0.05, 0.1) is 10.9 Å². The van der Waals surface area contributed by atoms with Crippen molar-refractivity contribution in [3.8, 4) is 0 Å². The van der Waals surface area contributed by atoms with E-state index in [1.165, 1.54) is 0 Å². The molecule has 0 bridgehead atoms. The zero-order valence-corrected chi connectivity index (χ0v) is 16.6. The summed E-state index contributed by atoms with van der Waals surface area (Å²) in [5.41, 5.74) is 1.21. The summed E-state index contributed by atoms with van der Waals surface area (Å²) in [7, 11) is 2.15. The van der Waals surface area contributed by atoms with Crippen LogP contribution >= 0.6 is 0 Å². The summed E-state index contributed by atoms with van der Waals surface area (Å²) >= 11 is 0. The van der Waals surface area contributed by atoms with Gasteiger partial charge >= 0.3 is 0 Å². The van der Waals surface area contributed by atoms with E-state index >= 15 is 0 Å². The van der Waals surface area contributed by atoms with Crippen LogP contribution < -0.4 is 10.9 Å². The van der Waals surface area contributed by atoms with Gasteiger partial charge in [-0.2, -0.15) is 0 Å². The Bertz CT molecular complexity index is 915. The normalized spacial score (nSPS) is 18.2. The number of piperazine rings is 1. The van der Waals surface area contributed by atoms with E-state index in [2.05, 4.69) is 27.1 Å². The van der Waals surface area contributed by atoms with E-state index < -0.39 is 0 Å². The molecule has 2 aliphatic rings. The third kappa shape index (κ3) is 4.10. The van der Waals surface area contributed by atoms with Crippen LogP contribution in [0.2, 0.25) is 0 Å². The number of carbonyl (C=O) groups excluding carboxylic acids is 1. The molecule has 28 heavy (non-hydrogen) atoms. The van der Waals surface area contributed by atoms with Crippen molar-refractivity contribution in [2.75, 3.05) is 46.3 Å². The van der Waals surface area contributed by atoms with Gasteiger partial charge in [0.15, 0.2) is 0 Å². The lowest BCUT2D eigenvalue weighted by molar-refractivity contribution is 0.0949. The Hall–Kier alpha value is -2.25. The molecule has 1 fully saturated rings. The highest BCUT2D eigenvalue weighted by atomic mass is 16.1. The second-order valence-corrected chi connectivity index (χ2v) is 7.93. The molecule has 1 amide bonds. The summed E-state index contributed by atoms with van der Waals surface area (Å²) < 4.78 is 1.78. The summed E-state index contributed by atoms with van der Waals surface area (Å²) in [6, 6.07) is 5.23. The number of aryl methyl sites for hydroxylation is 1. The van der Waals surface area contributed by atoms with Gasteiger partial charge in [-0.15, -0.1) is 0 Å². The van der Waals surface area contributed by atoms with E-state index in [1.807, 2.05) is 0 Å². The highest BCUT2D eigenvalue weighted by Crippen LogP contribution is 2.16. The molecule has 1 aromatic carbocycles. The number of hydrogen-bond acceptors (Lipinski definition) is 5. The third-order valence-corrected chi connectivity index (χ3v) is 5.86. The van der Waals surface area contributed by atoms with Crippen molar-refractivity contribution in [1.82, 2.24) is 24.7 Å². The number of rotatable bonds is 5. The molecule has 4 rings (SSSR count). The topological polar surface area (TPSA) is 70.5 Å². The Morgan fingerprint density at radius 3 is 2.79 bits per heavy atom. The van der Waals surface area contributed by atoms with Crippen molar-refractivity contribution in [1.29, 1.82) is 0 Å². The maximum Gasteiger partial charge on any atom is 0.261 e. The first-order valence-electron chi connectivity index (χ1n) is 10.3. The van der Waals surface area contributed by atoms with Crippen LogP contribution in [0, 0.1) is 0 Å². The van der Waals surface area contributed by atoms with E-state index in [4.69, 9.17) is 0 Å². The van der Waals surface area contributed by atoms with E-state index in [0.29, 0.717) is 23.0 Å². The smallest absolute Gasteiger partial charge is 0.261 e. The largest absolute Gasteiger partial charge is 0.352 e. The lowest BCUT2D eigenvalue weighted by atomic mass is 10.1. The van der Waals surface area contributed by atoms with E-state index in [-0.39, 0.29) is 11.5 Å². The van der Waals surface area contributed by atoms with Crippen LogP contribution in [0.4, 0.5) is 0 Å². The van der Waals surface area contributed by atoms with Crippen molar-refractivity contribution in [2.45, 2.75) is 32.2 Å². The summed E-state index contributed by atoms with van der Waals surface area (Å²) in [6.07, 6.45) is 3.85. The highest BCUT2D eigenvalue weighted by Gasteiger charge is 2.16. The Morgan fingerprint density at radius 2 is 1.96 bits per heavy atom. The summed E-state index contributed by atoms with van der Waals surface area (Å²) in [5, 5.41) is 3.60. The molecular formula is C21H29N5O2. The van der Waals surface area contributed by atoms with Gasteiger partial charge in [0, 0.05) is 51.3 Å². The van der Waals surface area contributed by atoms with Gasteiger partial charge in [0.25, 0.3) is 11.5 Å². The maximum absolute atomic E-state index is 12.7. The van der Waals surface area contributed by atoms with Crippen LogP contribution in [0.5, 0.6) is 0 Å². The van der Waals surface area contributed by atoms with Crippen LogP contribution in [0.15, 0.2) is 23.0 Å². The van der Waals surface area contributed by atoms with Gasteiger partial charge in [-0.1, -0.05) is 0 Å². The minimum atomic E-state index is -0.0973. The first kappa shape index (κ1) is 19.1. The molecule has 0 unspecified atom stereocenters. The molecule has 2 aliphatic heterocycles. The van der Waals surface area contributed by atoms with Gasteiger partial charge in [0.1, 0.15) is 5.82 Å². The number of nitrogens with one attached hydrogen (secondary N) is 1. The lowest BCUT2D eigenvalue weighted by Crippen LogP contribution is -2.45. The number of hydrogen-bond donors (Lipinski definition) is 1. The predicted molar refractivity (Wildman–Crippen MR) is 110 cm³/mol. The highest BCUT2D eigenvalue weighted by molar-refractivity contribution is 5.97. The van der Waals surface area contributed by atoms with Crippen molar-refractivity contribution in [2.24, 2.45) is 0 Å². The van der Waals surface area contributed by atoms with Gasteiger partial charge in [-0.05, 0) is 51.1 Å². The molecule has 7 heteroatoms. The fraction of sp³-hybridized carbons (Fsp3) is 0.571. The second-order valence-electron chi connectivity index (χ2n) is 7.93. The Morgan fingerprint density at radius 1 is 1.14 bits per heavy atom. The molecule has 0 radical (unpaired) electrons. The first-order valence-corrected chi connectivity index (χ1v) is 10.3. The van der Waals surface area contributed by atoms with E-state index in [9.17, 15) is 9.59 Å². The van der Waals surface area contributed by atoms with Gasteiger partial charge < -0.3 is 15.1 Å². The molecule has 2 aromatic rings. The number of fused-ring (bicyclic) bond motifs is 2. The molecule has 1 N–H and O–H groups in total. The zero-order valence-electron chi connectivity index (χ0n) is 16.6. The van der Waals surface area contributed by atoms with Crippen molar-refractivity contribution in [3.63, 3.8) is 0 Å². The summed E-state index contributed by atoms with van der Waals surface area (Å²) in [6.45, 7) is 6.83. The molecule has 0 spiro atoms. The predicted octanol–water partition coefficient (Wildman–Crippen LogP) is 1.10. The molecule has 1 aromatic heterocycles. The van der Waals surface area contributed by atoms with Gasteiger partial charge in [-0.25, -0.2) is 4.98 Å². The van der Waals surface area contributed by atoms with Crippen LogP contribution in [0.1, 0.15) is 35.4 Å². The molecule has 3 heterocycles. The number of carbonyl (C=O) groups is 1. The van der Waals surface area contributed by atoms with E-state index in [0.717, 1.165) is 70.8 Å². The molecule has 1 saturated heterocycles. The lowest BCUT2D eigenvalue weighted by Gasteiger charge is -2.32. The number of benzene rings is 1. The Labute approximate surface area is 165 Å². The van der Waals surface area contributed by atoms with Crippen molar-refractivity contribution < 1.29 is 4.79 Å². The Balaban J connectivity index is 1.37. The molecule has 0 saturated carbocycles. The average Bonchev–Trinajstić information content (AvgIpc) is 2.72. The average molecular weight is 383 g/mol. The van der Waals surface area contributed by atoms with Gasteiger partial charge in [0.2, 0.25) is 0 Å². The van der Waals surface area contributed by atoms with Crippen LogP contribution in [0.3, 0.4) is 0 Å². The second kappa shape index (κ2) is 8.41. The zero-order chi connectivity index (χ0) is 19.5. The van der Waals surface area contributed by atoms with Crippen LogP contribution in [0.25, 0.3) is 10.9 Å². The minimum Gasteiger partial charge on any atom is -0.352 e. The SMILES string of the molecule is CN1CCN(CCCNC(=O)c2ccc3c(=O)n4c(nc3c2)CCCC4)CC1. The summed E-state index contributed by atoms with van der Waals surface area (Å²) in [4.78, 5) is 34.6. The minimum absolute atomic E-state index is 0.0128.